The topological polar surface area (TPSA) is 53.9 Å². The van der Waals surface area contributed by atoms with Gasteiger partial charge in [-0.2, -0.15) is 0 Å². The summed E-state index contributed by atoms with van der Waals surface area (Å²) in [7, 11) is 1.64. The fraction of sp³-hybridized carbons (Fsp3) is 0.154. The van der Waals surface area contributed by atoms with Crippen LogP contribution >= 0.6 is 0 Å². The van der Waals surface area contributed by atoms with E-state index in [9.17, 15) is 4.79 Å². The molecule has 0 aliphatic heterocycles. The highest BCUT2D eigenvalue weighted by Gasteiger charge is 2.06. The van der Waals surface area contributed by atoms with E-state index in [0.717, 1.165) is 16.5 Å². The van der Waals surface area contributed by atoms with Crippen LogP contribution in [-0.2, 0) is 0 Å². The number of carbonyl (C=O) groups is 1. The van der Waals surface area contributed by atoms with Gasteiger partial charge in [0.2, 0.25) is 5.78 Å². The van der Waals surface area contributed by atoms with Gasteiger partial charge in [0.25, 0.3) is 0 Å². The molecule has 0 aromatic heterocycles. The first-order valence-corrected chi connectivity index (χ1v) is 5.15. The maximum Gasteiger partial charge on any atom is 0.216 e. The number of benzene rings is 2. The summed E-state index contributed by atoms with van der Waals surface area (Å²) in [6.07, 6.45) is 0. The lowest BCUT2D eigenvalue weighted by molar-refractivity contribution is -0.349. The number of Topliss-reactive ketones (excluding diaryl/α,β-unsaturated/α-hetero) is 1. The molecule has 0 saturated heterocycles. The van der Waals surface area contributed by atoms with Crippen LogP contribution in [0, 0.1) is 0 Å². The quantitative estimate of drug-likeness (QED) is 0.660. The first-order valence-electron chi connectivity index (χ1n) is 5.15. The first-order chi connectivity index (χ1) is 7.74. The Morgan fingerprint density at radius 1 is 1.18 bits per heavy atom. The monoisotopic (exact) mass is 251 g/mol. The summed E-state index contributed by atoms with van der Waals surface area (Å²) >= 11 is 0. The molecular formula is C13H14ClNO2. The Bertz CT molecular complexity index is 540. The lowest BCUT2D eigenvalue weighted by Crippen LogP contribution is -3.00. The zero-order valence-corrected chi connectivity index (χ0v) is 10.3. The van der Waals surface area contributed by atoms with Crippen molar-refractivity contribution in [2.75, 3.05) is 13.7 Å². The summed E-state index contributed by atoms with van der Waals surface area (Å²) in [4.78, 5) is 11.5. The highest BCUT2D eigenvalue weighted by Crippen LogP contribution is 2.21. The predicted molar refractivity (Wildman–Crippen MR) is 62.6 cm³/mol. The highest BCUT2D eigenvalue weighted by atomic mass is 35.5. The average Bonchev–Trinajstić information content (AvgIpc) is 2.36. The molecule has 3 nitrogen and oxygen atoms in total. The van der Waals surface area contributed by atoms with Gasteiger partial charge in [0.15, 0.2) is 0 Å². The number of quaternary nitrogens is 1. The number of hydrogen-bond donors (Lipinski definition) is 1. The number of methoxy groups -OCH3 is 1. The van der Waals surface area contributed by atoms with Crippen LogP contribution in [-0.4, -0.2) is 19.4 Å². The van der Waals surface area contributed by atoms with E-state index in [1.807, 2.05) is 36.4 Å². The van der Waals surface area contributed by atoms with Crippen LogP contribution in [0.15, 0.2) is 36.4 Å². The Morgan fingerprint density at radius 2 is 1.82 bits per heavy atom. The van der Waals surface area contributed by atoms with Crippen molar-refractivity contribution in [1.82, 2.24) is 0 Å². The van der Waals surface area contributed by atoms with Gasteiger partial charge in [-0.05, 0) is 29.0 Å². The summed E-state index contributed by atoms with van der Waals surface area (Å²) in [6, 6.07) is 11.4. The van der Waals surface area contributed by atoms with Gasteiger partial charge >= 0.3 is 0 Å². The predicted octanol–water partition coefficient (Wildman–Crippen LogP) is -1.72. The van der Waals surface area contributed by atoms with Crippen molar-refractivity contribution in [1.29, 1.82) is 0 Å². The minimum absolute atomic E-state index is 0. The Morgan fingerprint density at radius 3 is 2.47 bits per heavy atom. The molecular weight excluding hydrogens is 238 g/mol. The normalized spacial score (nSPS) is 9.76. The van der Waals surface area contributed by atoms with Gasteiger partial charge in [-0.25, -0.2) is 0 Å². The van der Waals surface area contributed by atoms with Gasteiger partial charge in [-0.15, -0.1) is 0 Å². The third-order valence-corrected chi connectivity index (χ3v) is 2.60. The molecule has 0 heterocycles. The molecule has 3 N–H and O–H groups in total. The Kier molecular flexibility index (Phi) is 4.49. The Hall–Kier alpha value is -1.58. The fourth-order valence-electron chi connectivity index (χ4n) is 1.67. The van der Waals surface area contributed by atoms with Crippen LogP contribution in [0.5, 0.6) is 5.75 Å². The average molecular weight is 252 g/mol. The zero-order valence-electron chi connectivity index (χ0n) is 9.57. The molecule has 0 atom stereocenters. The highest BCUT2D eigenvalue weighted by molar-refractivity contribution is 6.00. The largest absolute Gasteiger partial charge is 1.00 e. The molecule has 0 aliphatic rings. The van der Waals surface area contributed by atoms with Crippen molar-refractivity contribution >= 4 is 16.6 Å². The number of rotatable bonds is 3. The molecule has 0 amide bonds. The second-order valence-electron chi connectivity index (χ2n) is 3.60. The molecule has 0 fully saturated rings. The first kappa shape index (κ1) is 13.5. The second-order valence-corrected chi connectivity index (χ2v) is 3.60. The molecule has 17 heavy (non-hydrogen) atoms. The van der Waals surface area contributed by atoms with E-state index in [-0.39, 0.29) is 18.2 Å². The van der Waals surface area contributed by atoms with E-state index >= 15 is 0 Å². The van der Waals surface area contributed by atoms with Gasteiger partial charge < -0.3 is 22.9 Å². The van der Waals surface area contributed by atoms with Crippen LogP contribution in [0.1, 0.15) is 10.4 Å². The van der Waals surface area contributed by atoms with Crippen molar-refractivity contribution in [3.63, 3.8) is 0 Å². The summed E-state index contributed by atoms with van der Waals surface area (Å²) in [5, 5.41) is 2.11. The maximum absolute atomic E-state index is 11.5. The Balaban J connectivity index is 0.00000144. The molecule has 2 aromatic rings. The van der Waals surface area contributed by atoms with Crippen LogP contribution in [0.25, 0.3) is 10.8 Å². The van der Waals surface area contributed by atoms with E-state index < -0.39 is 0 Å². The molecule has 0 aliphatic carbocycles. The molecule has 2 aromatic carbocycles. The van der Waals surface area contributed by atoms with E-state index in [1.54, 1.807) is 7.11 Å². The van der Waals surface area contributed by atoms with Crippen molar-refractivity contribution in [3.8, 4) is 5.75 Å². The minimum Gasteiger partial charge on any atom is -1.00 e. The van der Waals surface area contributed by atoms with E-state index in [4.69, 9.17) is 4.74 Å². The summed E-state index contributed by atoms with van der Waals surface area (Å²) in [5.41, 5.74) is 4.32. The van der Waals surface area contributed by atoms with E-state index in [0.29, 0.717) is 12.1 Å². The number of ketones is 1. The van der Waals surface area contributed by atoms with E-state index in [1.165, 1.54) is 0 Å². The van der Waals surface area contributed by atoms with Crippen LogP contribution < -0.4 is 22.9 Å². The molecule has 4 heteroatoms. The van der Waals surface area contributed by atoms with Crippen molar-refractivity contribution in [3.05, 3.63) is 42.0 Å². The lowest BCUT2D eigenvalue weighted by atomic mass is 10.0. The molecule has 0 radical (unpaired) electrons. The standard InChI is InChI=1S/C13H13NO2.ClH/c1-16-12-5-4-9-6-11(13(15)8-14)3-2-10(9)7-12;/h2-7H,8,14H2,1H3;1H. The molecule has 0 spiro atoms. The van der Waals surface area contributed by atoms with Gasteiger partial charge in [-0.3, -0.25) is 4.79 Å². The van der Waals surface area contributed by atoms with Crippen LogP contribution in [0.3, 0.4) is 0 Å². The molecule has 90 valence electrons. The van der Waals surface area contributed by atoms with Crippen molar-refractivity contribution in [2.24, 2.45) is 0 Å². The lowest BCUT2D eigenvalue weighted by Gasteiger charge is -2.03. The van der Waals surface area contributed by atoms with Gasteiger partial charge in [0.05, 0.1) is 7.11 Å². The van der Waals surface area contributed by atoms with Crippen molar-refractivity contribution < 1.29 is 27.7 Å². The second kappa shape index (κ2) is 5.66. The molecule has 0 bridgehead atoms. The van der Waals surface area contributed by atoms with Gasteiger partial charge in [0.1, 0.15) is 12.3 Å². The third-order valence-electron chi connectivity index (χ3n) is 2.60. The summed E-state index contributed by atoms with van der Waals surface area (Å²) in [5.74, 6) is 0.890. The number of fused-ring (bicyclic) bond motifs is 1. The summed E-state index contributed by atoms with van der Waals surface area (Å²) in [6.45, 7) is 0.293. The molecule has 2 rings (SSSR count). The van der Waals surface area contributed by atoms with E-state index in [2.05, 4.69) is 5.73 Å². The molecule has 0 saturated carbocycles. The van der Waals surface area contributed by atoms with Gasteiger partial charge in [-0.1, -0.05) is 18.2 Å². The van der Waals surface area contributed by atoms with Crippen molar-refractivity contribution in [2.45, 2.75) is 0 Å². The Labute approximate surface area is 106 Å². The summed E-state index contributed by atoms with van der Waals surface area (Å²) < 4.78 is 5.14. The SMILES string of the molecule is COc1ccc2cc(C(=O)C[NH3+])ccc2c1.[Cl-]. The third kappa shape index (κ3) is 2.75. The number of hydrogen-bond acceptors (Lipinski definition) is 2. The number of halogens is 1. The number of ether oxygens (including phenoxy) is 1. The fourth-order valence-corrected chi connectivity index (χ4v) is 1.67. The number of carbonyl (C=O) groups excluding carboxylic acids is 1. The van der Waals surface area contributed by atoms with Crippen LogP contribution in [0.2, 0.25) is 0 Å². The smallest absolute Gasteiger partial charge is 0.216 e. The van der Waals surface area contributed by atoms with Crippen LogP contribution in [0.4, 0.5) is 0 Å². The maximum atomic E-state index is 11.5. The minimum atomic E-state index is 0. The molecule has 0 unspecified atom stereocenters. The zero-order chi connectivity index (χ0) is 11.5. The van der Waals surface area contributed by atoms with Gasteiger partial charge in [0, 0.05) is 5.56 Å².